The summed E-state index contributed by atoms with van der Waals surface area (Å²) in [6.45, 7) is 2.28. The minimum Gasteiger partial charge on any atom is -0.393 e. The van der Waals surface area contributed by atoms with Crippen molar-refractivity contribution in [1.82, 2.24) is 0 Å². The Bertz CT molecular complexity index is 551. The lowest BCUT2D eigenvalue weighted by atomic mass is 9.64. The molecular formula is C18H24O2. The Hall–Kier alpha value is -0.860. The maximum absolute atomic E-state index is 10.3. The molecule has 0 saturated heterocycles. The van der Waals surface area contributed by atoms with Crippen molar-refractivity contribution in [1.29, 1.82) is 0 Å². The molecule has 3 aliphatic rings. The molecule has 108 valence electrons. The van der Waals surface area contributed by atoms with Crippen LogP contribution in [0.1, 0.15) is 60.8 Å². The maximum Gasteiger partial charge on any atom is 0.0600 e. The summed E-state index contributed by atoms with van der Waals surface area (Å²) >= 11 is 0. The smallest absolute Gasteiger partial charge is 0.0600 e. The van der Waals surface area contributed by atoms with Gasteiger partial charge in [-0.05, 0) is 73.1 Å². The Labute approximate surface area is 120 Å². The summed E-state index contributed by atoms with van der Waals surface area (Å²) in [6, 6.07) is 4.54. The van der Waals surface area contributed by atoms with Crippen molar-refractivity contribution in [3.63, 3.8) is 0 Å². The van der Waals surface area contributed by atoms with Gasteiger partial charge in [0.25, 0.3) is 0 Å². The zero-order chi connectivity index (χ0) is 13.9. The summed E-state index contributed by atoms with van der Waals surface area (Å²) in [7, 11) is 0. The first-order chi connectivity index (χ1) is 9.59. The fourth-order valence-electron chi connectivity index (χ4n) is 5.01. The molecule has 20 heavy (non-hydrogen) atoms. The first kappa shape index (κ1) is 12.8. The predicted octanol–water partition coefficient (Wildman–Crippen LogP) is 2.73. The van der Waals surface area contributed by atoms with E-state index in [1.54, 1.807) is 5.56 Å². The quantitative estimate of drug-likeness (QED) is 0.762. The van der Waals surface area contributed by atoms with Crippen LogP contribution in [0.15, 0.2) is 12.1 Å². The van der Waals surface area contributed by atoms with Gasteiger partial charge in [-0.15, -0.1) is 0 Å². The van der Waals surface area contributed by atoms with E-state index in [1.165, 1.54) is 16.7 Å². The molecule has 2 nitrogen and oxygen atoms in total. The number of fused-ring (bicyclic) bond motifs is 5. The minimum absolute atomic E-state index is 0.0927. The summed E-state index contributed by atoms with van der Waals surface area (Å²) in [4.78, 5) is 0. The van der Waals surface area contributed by atoms with E-state index in [-0.39, 0.29) is 17.6 Å². The van der Waals surface area contributed by atoms with Crippen LogP contribution < -0.4 is 0 Å². The van der Waals surface area contributed by atoms with Gasteiger partial charge in [-0.3, -0.25) is 0 Å². The Morgan fingerprint density at radius 1 is 1.05 bits per heavy atom. The number of aliphatic hydroxyl groups is 2. The van der Waals surface area contributed by atoms with Crippen LogP contribution in [0.25, 0.3) is 0 Å². The molecule has 2 N–H and O–H groups in total. The van der Waals surface area contributed by atoms with E-state index in [0.717, 1.165) is 44.9 Å². The standard InChI is InChI=1S/C18H24O2/c1-18-9-8-14-13-5-3-12(19)10-11(13)2-4-15(14)16(18)6-7-17(18)20/h2,4,12,16-17,19-20H,3,5-10H2,1H3/t12-,16-,17+,18-/m0/s1. The van der Waals surface area contributed by atoms with Crippen LogP contribution in [-0.4, -0.2) is 22.4 Å². The lowest BCUT2D eigenvalue weighted by Gasteiger charge is -2.41. The van der Waals surface area contributed by atoms with E-state index in [0.29, 0.717) is 5.92 Å². The zero-order valence-electron chi connectivity index (χ0n) is 12.2. The third-order valence-corrected chi connectivity index (χ3v) is 6.32. The largest absolute Gasteiger partial charge is 0.393 e. The van der Waals surface area contributed by atoms with Gasteiger partial charge in [0.1, 0.15) is 0 Å². The van der Waals surface area contributed by atoms with Crippen molar-refractivity contribution in [3.8, 4) is 0 Å². The highest BCUT2D eigenvalue weighted by Gasteiger charge is 2.49. The number of hydrogen-bond donors (Lipinski definition) is 2. The highest BCUT2D eigenvalue weighted by Crippen LogP contribution is 2.56. The van der Waals surface area contributed by atoms with Gasteiger partial charge in [0.15, 0.2) is 0 Å². The highest BCUT2D eigenvalue weighted by molar-refractivity contribution is 5.47. The van der Waals surface area contributed by atoms with E-state index in [1.807, 2.05) is 0 Å². The Kier molecular flexibility index (Phi) is 2.77. The summed E-state index contributed by atoms with van der Waals surface area (Å²) in [5.41, 5.74) is 6.05. The molecule has 0 bridgehead atoms. The molecule has 0 heterocycles. The van der Waals surface area contributed by atoms with Crippen LogP contribution in [0.3, 0.4) is 0 Å². The van der Waals surface area contributed by atoms with Crippen LogP contribution >= 0.6 is 0 Å². The van der Waals surface area contributed by atoms with Crippen molar-refractivity contribution < 1.29 is 10.2 Å². The first-order valence-corrected chi connectivity index (χ1v) is 8.09. The molecule has 2 heteroatoms. The second kappa shape index (κ2) is 4.32. The average molecular weight is 272 g/mol. The van der Waals surface area contributed by atoms with Crippen LogP contribution in [0.5, 0.6) is 0 Å². The number of benzene rings is 1. The van der Waals surface area contributed by atoms with Gasteiger partial charge in [0, 0.05) is 5.41 Å². The third-order valence-electron chi connectivity index (χ3n) is 6.32. The van der Waals surface area contributed by atoms with Gasteiger partial charge < -0.3 is 10.2 Å². The summed E-state index contributed by atoms with van der Waals surface area (Å²) in [5.74, 6) is 0.540. The zero-order valence-corrected chi connectivity index (χ0v) is 12.2. The normalized spacial score (nSPS) is 39.0. The molecule has 1 saturated carbocycles. The lowest BCUT2D eigenvalue weighted by molar-refractivity contribution is 0.0455. The monoisotopic (exact) mass is 272 g/mol. The van der Waals surface area contributed by atoms with Gasteiger partial charge in [0.2, 0.25) is 0 Å². The van der Waals surface area contributed by atoms with Crippen LogP contribution in [0, 0.1) is 5.41 Å². The van der Waals surface area contributed by atoms with Crippen molar-refractivity contribution in [2.45, 2.75) is 70.0 Å². The van der Waals surface area contributed by atoms with Gasteiger partial charge in [-0.25, -0.2) is 0 Å². The van der Waals surface area contributed by atoms with Crippen LogP contribution in [-0.2, 0) is 19.3 Å². The third kappa shape index (κ3) is 1.64. The van der Waals surface area contributed by atoms with E-state index in [9.17, 15) is 10.2 Å². The average Bonchev–Trinajstić information content (AvgIpc) is 2.74. The molecule has 1 aromatic rings. The molecule has 3 aliphatic carbocycles. The molecule has 0 aromatic heterocycles. The number of hydrogen-bond acceptors (Lipinski definition) is 2. The van der Waals surface area contributed by atoms with Crippen LogP contribution in [0.4, 0.5) is 0 Å². The van der Waals surface area contributed by atoms with Crippen molar-refractivity contribution in [3.05, 3.63) is 34.4 Å². The summed E-state index contributed by atoms with van der Waals surface area (Å²) in [5, 5.41) is 20.2. The molecule has 0 spiro atoms. The van der Waals surface area contributed by atoms with Gasteiger partial charge in [0.05, 0.1) is 12.2 Å². The van der Waals surface area contributed by atoms with E-state index in [2.05, 4.69) is 19.1 Å². The van der Waals surface area contributed by atoms with Crippen molar-refractivity contribution in [2.24, 2.45) is 5.41 Å². The first-order valence-electron chi connectivity index (χ1n) is 8.09. The lowest BCUT2D eigenvalue weighted by Crippen LogP contribution is -2.36. The predicted molar refractivity (Wildman–Crippen MR) is 78.9 cm³/mol. The molecule has 1 aromatic carbocycles. The fourth-order valence-corrected chi connectivity index (χ4v) is 5.01. The van der Waals surface area contributed by atoms with E-state index >= 15 is 0 Å². The Balaban J connectivity index is 1.80. The van der Waals surface area contributed by atoms with Gasteiger partial charge >= 0.3 is 0 Å². The van der Waals surface area contributed by atoms with Crippen LogP contribution in [0.2, 0.25) is 0 Å². The fraction of sp³-hybridized carbons (Fsp3) is 0.667. The number of aliphatic hydroxyl groups excluding tert-OH is 2. The summed E-state index contributed by atoms with van der Waals surface area (Å²) < 4.78 is 0. The van der Waals surface area contributed by atoms with Gasteiger partial charge in [-0.2, -0.15) is 0 Å². The Morgan fingerprint density at radius 2 is 1.90 bits per heavy atom. The second-order valence-electron chi connectivity index (χ2n) is 7.32. The molecule has 0 amide bonds. The summed E-state index contributed by atoms with van der Waals surface area (Å²) in [6.07, 6.45) is 6.81. The molecule has 4 atom stereocenters. The SMILES string of the molecule is C[C@]12CCc3c(ccc4c3CC[C@H](O)C4)[C@@H]1CC[C@H]2O. The molecule has 0 unspecified atom stereocenters. The van der Waals surface area contributed by atoms with Gasteiger partial charge in [-0.1, -0.05) is 19.1 Å². The maximum atomic E-state index is 10.3. The van der Waals surface area contributed by atoms with Crippen molar-refractivity contribution >= 4 is 0 Å². The van der Waals surface area contributed by atoms with E-state index in [4.69, 9.17) is 0 Å². The second-order valence-corrected chi connectivity index (χ2v) is 7.32. The molecule has 4 rings (SSSR count). The van der Waals surface area contributed by atoms with E-state index < -0.39 is 0 Å². The Morgan fingerprint density at radius 3 is 2.75 bits per heavy atom. The molecular weight excluding hydrogens is 248 g/mol. The highest BCUT2D eigenvalue weighted by atomic mass is 16.3. The number of rotatable bonds is 0. The molecule has 0 radical (unpaired) electrons. The topological polar surface area (TPSA) is 40.5 Å². The van der Waals surface area contributed by atoms with Crippen molar-refractivity contribution in [2.75, 3.05) is 0 Å². The minimum atomic E-state index is -0.150. The molecule has 0 aliphatic heterocycles. The molecule has 1 fully saturated rings.